The van der Waals surface area contributed by atoms with Crippen LogP contribution in [0.1, 0.15) is 36.9 Å². The summed E-state index contributed by atoms with van der Waals surface area (Å²) in [5, 5.41) is 2.88. The van der Waals surface area contributed by atoms with Crippen molar-refractivity contribution in [2.45, 2.75) is 32.2 Å². The lowest BCUT2D eigenvalue weighted by Crippen LogP contribution is -2.32. The van der Waals surface area contributed by atoms with Gasteiger partial charge in [0.05, 0.1) is 19.6 Å². The second-order valence-corrected chi connectivity index (χ2v) is 6.13. The van der Waals surface area contributed by atoms with Gasteiger partial charge in [0.1, 0.15) is 0 Å². The van der Waals surface area contributed by atoms with E-state index in [2.05, 4.69) is 5.32 Å². The van der Waals surface area contributed by atoms with E-state index < -0.39 is 11.8 Å². The van der Waals surface area contributed by atoms with E-state index in [4.69, 9.17) is 9.47 Å². The molecule has 0 radical (unpaired) electrons. The van der Waals surface area contributed by atoms with E-state index in [0.717, 1.165) is 18.4 Å². The Morgan fingerprint density at radius 3 is 2.52 bits per heavy atom. The molecule has 0 aromatic heterocycles. The van der Waals surface area contributed by atoms with Crippen LogP contribution >= 0.6 is 0 Å². The Labute approximate surface area is 158 Å². The van der Waals surface area contributed by atoms with Crippen LogP contribution in [-0.4, -0.2) is 25.6 Å². The molecule has 0 fully saturated rings. The highest BCUT2D eigenvalue weighted by molar-refractivity contribution is 5.81. The first-order valence-electron chi connectivity index (χ1n) is 8.85. The Morgan fingerprint density at radius 2 is 1.89 bits per heavy atom. The minimum Gasteiger partial charge on any atom is -0.494 e. The number of halogens is 1. The maximum atomic E-state index is 13.7. The van der Waals surface area contributed by atoms with E-state index in [-0.39, 0.29) is 30.7 Å². The van der Waals surface area contributed by atoms with Crippen LogP contribution in [0.25, 0.3) is 0 Å². The SMILES string of the molecule is CCC[C@@H](NC(=O)COC(=O)Cc1ccc(OC)c(F)c1)c1ccccc1. The molecule has 1 amide bonds. The average Bonchev–Trinajstić information content (AvgIpc) is 2.67. The van der Waals surface area contributed by atoms with E-state index >= 15 is 0 Å². The van der Waals surface area contributed by atoms with E-state index in [9.17, 15) is 14.0 Å². The number of carbonyl (C=O) groups excluding carboxylic acids is 2. The summed E-state index contributed by atoms with van der Waals surface area (Å²) in [5.41, 5.74) is 1.46. The molecule has 2 aromatic rings. The molecule has 6 heteroatoms. The fraction of sp³-hybridized carbons (Fsp3) is 0.333. The van der Waals surface area contributed by atoms with Gasteiger partial charge in [-0.1, -0.05) is 49.7 Å². The molecule has 5 nitrogen and oxygen atoms in total. The highest BCUT2D eigenvalue weighted by atomic mass is 19.1. The molecule has 0 spiro atoms. The summed E-state index contributed by atoms with van der Waals surface area (Å²) < 4.78 is 23.5. The molecule has 2 rings (SSSR count). The van der Waals surface area contributed by atoms with Gasteiger partial charge in [-0.3, -0.25) is 9.59 Å². The third-order valence-corrected chi connectivity index (χ3v) is 4.04. The van der Waals surface area contributed by atoms with Crippen LogP contribution in [0.4, 0.5) is 4.39 Å². The minimum atomic E-state index is -0.596. The van der Waals surface area contributed by atoms with Crippen molar-refractivity contribution in [2.75, 3.05) is 13.7 Å². The predicted molar refractivity (Wildman–Crippen MR) is 99.8 cm³/mol. The van der Waals surface area contributed by atoms with E-state index in [0.29, 0.717) is 5.56 Å². The molecule has 1 atom stereocenters. The van der Waals surface area contributed by atoms with Gasteiger partial charge < -0.3 is 14.8 Å². The van der Waals surface area contributed by atoms with Crippen molar-refractivity contribution in [3.05, 3.63) is 65.5 Å². The zero-order chi connectivity index (χ0) is 19.6. The van der Waals surface area contributed by atoms with E-state index in [1.54, 1.807) is 6.07 Å². The van der Waals surface area contributed by atoms with Crippen molar-refractivity contribution >= 4 is 11.9 Å². The molecule has 1 N–H and O–H groups in total. The number of methoxy groups -OCH3 is 1. The summed E-state index contributed by atoms with van der Waals surface area (Å²) in [6.45, 7) is 1.67. The topological polar surface area (TPSA) is 64.6 Å². The molecular weight excluding hydrogens is 349 g/mol. The molecule has 0 aliphatic rings. The van der Waals surface area contributed by atoms with Gasteiger partial charge >= 0.3 is 5.97 Å². The van der Waals surface area contributed by atoms with Gasteiger partial charge in [-0.15, -0.1) is 0 Å². The summed E-state index contributed by atoms with van der Waals surface area (Å²) in [4.78, 5) is 24.0. The molecule has 0 saturated heterocycles. The third kappa shape index (κ3) is 6.40. The van der Waals surface area contributed by atoms with Crippen LogP contribution in [0.5, 0.6) is 5.75 Å². The number of benzene rings is 2. The normalized spacial score (nSPS) is 11.5. The predicted octanol–water partition coefficient (Wildman–Crippen LogP) is 3.58. The fourth-order valence-electron chi connectivity index (χ4n) is 2.72. The van der Waals surface area contributed by atoms with Crippen molar-refractivity contribution in [1.29, 1.82) is 0 Å². The van der Waals surface area contributed by atoms with Crippen LogP contribution in [-0.2, 0) is 20.7 Å². The number of hydrogen-bond acceptors (Lipinski definition) is 4. The van der Waals surface area contributed by atoms with Gasteiger partial charge in [0, 0.05) is 0 Å². The number of rotatable bonds is 9. The molecule has 0 unspecified atom stereocenters. The Hall–Kier alpha value is -2.89. The Balaban J connectivity index is 1.85. The van der Waals surface area contributed by atoms with Crippen molar-refractivity contribution in [2.24, 2.45) is 0 Å². The lowest BCUT2D eigenvalue weighted by molar-refractivity contribution is -0.148. The van der Waals surface area contributed by atoms with Gasteiger partial charge in [0.2, 0.25) is 0 Å². The molecule has 144 valence electrons. The lowest BCUT2D eigenvalue weighted by atomic mass is 10.0. The average molecular weight is 373 g/mol. The highest BCUT2D eigenvalue weighted by Gasteiger charge is 2.15. The summed E-state index contributed by atoms with van der Waals surface area (Å²) in [6, 6.07) is 13.8. The van der Waals surface area contributed by atoms with Crippen LogP contribution in [0.3, 0.4) is 0 Å². The largest absolute Gasteiger partial charge is 0.494 e. The first kappa shape index (κ1) is 20.4. The molecular formula is C21H24FNO4. The molecule has 0 saturated carbocycles. The number of hydrogen-bond donors (Lipinski definition) is 1. The number of carbonyl (C=O) groups is 2. The second-order valence-electron chi connectivity index (χ2n) is 6.13. The molecule has 0 aliphatic heterocycles. The Bertz CT molecular complexity index is 764. The van der Waals surface area contributed by atoms with Gasteiger partial charge in [0.25, 0.3) is 5.91 Å². The maximum Gasteiger partial charge on any atom is 0.310 e. The summed E-state index contributed by atoms with van der Waals surface area (Å²) in [5.74, 6) is -1.41. The van der Waals surface area contributed by atoms with Gasteiger partial charge in [-0.2, -0.15) is 0 Å². The first-order chi connectivity index (χ1) is 13.0. The van der Waals surface area contributed by atoms with Crippen molar-refractivity contribution in [1.82, 2.24) is 5.32 Å². The van der Waals surface area contributed by atoms with Gasteiger partial charge in [0.15, 0.2) is 18.2 Å². The fourth-order valence-corrected chi connectivity index (χ4v) is 2.72. The third-order valence-electron chi connectivity index (χ3n) is 4.04. The second kappa shape index (κ2) is 10.3. The van der Waals surface area contributed by atoms with Gasteiger partial charge in [-0.25, -0.2) is 4.39 Å². The van der Waals surface area contributed by atoms with Crippen molar-refractivity contribution in [3.63, 3.8) is 0 Å². The summed E-state index contributed by atoms with van der Waals surface area (Å²) in [7, 11) is 1.37. The Morgan fingerprint density at radius 1 is 1.15 bits per heavy atom. The monoisotopic (exact) mass is 373 g/mol. The molecule has 27 heavy (non-hydrogen) atoms. The molecule has 2 aromatic carbocycles. The van der Waals surface area contributed by atoms with Crippen LogP contribution < -0.4 is 10.1 Å². The maximum absolute atomic E-state index is 13.7. The van der Waals surface area contributed by atoms with Crippen molar-refractivity contribution < 1.29 is 23.5 Å². The number of ether oxygens (including phenoxy) is 2. The van der Waals surface area contributed by atoms with Crippen LogP contribution in [0.2, 0.25) is 0 Å². The molecule has 0 heterocycles. The zero-order valence-electron chi connectivity index (χ0n) is 15.5. The van der Waals surface area contributed by atoms with E-state index in [1.807, 2.05) is 37.3 Å². The molecule has 0 bridgehead atoms. The van der Waals surface area contributed by atoms with Crippen LogP contribution in [0, 0.1) is 5.82 Å². The molecule has 0 aliphatic carbocycles. The minimum absolute atomic E-state index is 0.106. The summed E-state index contributed by atoms with van der Waals surface area (Å²) >= 11 is 0. The Kier molecular flexibility index (Phi) is 7.79. The highest BCUT2D eigenvalue weighted by Crippen LogP contribution is 2.19. The van der Waals surface area contributed by atoms with Crippen LogP contribution in [0.15, 0.2) is 48.5 Å². The smallest absolute Gasteiger partial charge is 0.310 e. The zero-order valence-corrected chi connectivity index (χ0v) is 15.5. The number of amides is 1. The number of nitrogens with one attached hydrogen (secondary N) is 1. The lowest BCUT2D eigenvalue weighted by Gasteiger charge is -2.18. The van der Waals surface area contributed by atoms with E-state index in [1.165, 1.54) is 19.2 Å². The first-order valence-corrected chi connectivity index (χ1v) is 8.85. The number of esters is 1. The standard InChI is InChI=1S/C21H24FNO4/c1-3-7-18(16-8-5-4-6-9-16)23-20(24)14-27-21(25)13-15-10-11-19(26-2)17(22)12-15/h4-6,8-12,18H,3,7,13-14H2,1-2H3,(H,23,24)/t18-/m1/s1. The van der Waals surface area contributed by atoms with Gasteiger partial charge in [-0.05, 0) is 29.7 Å². The quantitative estimate of drug-likeness (QED) is 0.683. The summed E-state index contributed by atoms with van der Waals surface area (Å²) in [6.07, 6.45) is 1.57. The van der Waals surface area contributed by atoms with Crippen molar-refractivity contribution in [3.8, 4) is 5.75 Å².